The number of nitrogens with zero attached hydrogens (tertiary/aromatic N) is 1. The molecule has 0 radical (unpaired) electrons. The first kappa shape index (κ1) is 18.8. The third-order valence-electron chi connectivity index (χ3n) is 3.15. The van der Waals surface area contributed by atoms with Gasteiger partial charge in [0.05, 0.1) is 6.54 Å². The van der Waals surface area contributed by atoms with E-state index in [1.807, 2.05) is 18.2 Å². The monoisotopic (exact) mass is 427 g/mol. The lowest BCUT2D eigenvalue weighted by molar-refractivity contribution is 1.02. The van der Waals surface area contributed by atoms with Crippen molar-refractivity contribution in [2.75, 3.05) is 11.6 Å². The van der Waals surface area contributed by atoms with Crippen molar-refractivity contribution in [2.45, 2.75) is 25.3 Å². The number of halogens is 1. The van der Waals surface area contributed by atoms with Crippen molar-refractivity contribution in [1.29, 1.82) is 0 Å². The minimum Gasteiger partial charge on any atom is -0.370 e. The van der Waals surface area contributed by atoms with Gasteiger partial charge in [0.15, 0.2) is 5.96 Å². The molecular formula is C17H22IN3S. The topological polar surface area (TPSA) is 50.4 Å². The molecule has 2 aromatic carbocycles. The van der Waals surface area contributed by atoms with Crippen molar-refractivity contribution in [2.24, 2.45) is 10.7 Å². The van der Waals surface area contributed by atoms with Crippen LogP contribution in [0.4, 0.5) is 5.69 Å². The minimum absolute atomic E-state index is 0. The van der Waals surface area contributed by atoms with Gasteiger partial charge in [0.2, 0.25) is 0 Å². The van der Waals surface area contributed by atoms with Crippen molar-refractivity contribution >= 4 is 47.4 Å². The highest BCUT2D eigenvalue weighted by molar-refractivity contribution is 14.0. The largest absolute Gasteiger partial charge is 0.370 e. The summed E-state index contributed by atoms with van der Waals surface area (Å²) in [6, 6.07) is 14.5. The second-order valence-electron chi connectivity index (χ2n) is 5.01. The standard InChI is InChI=1S/C17H21N3S.HI/c1-12-5-4-6-15(9-12)20-17(18)19-11-14-8-7-13(2)10-16(14)21-3;/h4-10H,11H2,1-3H3,(H3,18,19,20);1H. The van der Waals surface area contributed by atoms with Gasteiger partial charge in [-0.2, -0.15) is 0 Å². The van der Waals surface area contributed by atoms with E-state index in [4.69, 9.17) is 5.73 Å². The van der Waals surface area contributed by atoms with E-state index in [-0.39, 0.29) is 24.0 Å². The first-order valence-electron chi connectivity index (χ1n) is 6.85. The quantitative estimate of drug-likeness (QED) is 0.325. The van der Waals surface area contributed by atoms with E-state index >= 15 is 0 Å². The van der Waals surface area contributed by atoms with E-state index in [2.05, 4.69) is 54.7 Å². The molecule has 0 saturated carbocycles. The Morgan fingerprint density at radius 2 is 1.86 bits per heavy atom. The molecule has 0 atom stereocenters. The van der Waals surface area contributed by atoms with E-state index in [9.17, 15) is 0 Å². The number of nitrogens with two attached hydrogens (primary N) is 1. The molecule has 3 N–H and O–H groups in total. The Morgan fingerprint density at radius 1 is 1.14 bits per heavy atom. The fourth-order valence-electron chi connectivity index (χ4n) is 2.06. The van der Waals surface area contributed by atoms with Crippen LogP contribution in [0.5, 0.6) is 0 Å². The Hall–Kier alpha value is -1.21. The average Bonchev–Trinajstić information content (AvgIpc) is 2.45. The highest BCUT2D eigenvalue weighted by atomic mass is 127. The van der Waals surface area contributed by atoms with Gasteiger partial charge in [-0.15, -0.1) is 35.7 Å². The average molecular weight is 427 g/mol. The summed E-state index contributed by atoms with van der Waals surface area (Å²) in [6.45, 7) is 4.73. The van der Waals surface area contributed by atoms with Crippen LogP contribution in [0.3, 0.4) is 0 Å². The molecule has 118 valence electrons. The number of benzene rings is 2. The number of guanidine groups is 1. The van der Waals surface area contributed by atoms with Crippen LogP contribution in [0, 0.1) is 13.8 Å². The third-order valence-corrected chi connectivity index (χ3v) is 3.97. The zero-order valence-corrected chi connectivity index (χ0v) is 16.2. The van der Waals surface area contributed by atoms with Gasteiger partial charge in [0, 0.05) is 10.6 Å². The summed E-state index contributed by atoms with van der Waals surface area (Å²) >= 11 is 1.74. The summed E-state index contributed by atoms with van der Waals surface area (Å²) < 4.78 is 0. The zero-order chi connectivity index (χ0) is 15.2. The molecule has 0 aliphatic heterocycles. The van der Waals surface area contributed by atoms with Crippen molar-refractivity contribution in [3.05, 3.63) is 59.2 Å². The van der Waals surface area contributed by atoms with Gasteiger partial charge in [-0.25, -0.2) is 4.99 Å². The highest BCUT2D eigenvalue weighted by Gasteiger charge is 2.02. The number of aliphatic imine (C=N–C) groups is 1. The molecule has 0 aliphatic carbocycles. The Kier molecular flexibility index (Phi) is 7.75. The molecule has 2 aromatic rings. The summed E-state index contributed by atoms with van der Waals surface area (Å²) in [4.78, 5) is 5.68. The van der Waals surface area contributed by atoms with Crippen LogP contribution in [-0.4, -0.2) is 12.2 Å². The second kappa shape index (κ2) is 9.05. The Bertz CT molecular complexity index is 656. The molecule has 22 heavy (non-hydrogen) atoms. The van der Waals surface area contributed by atoms with Crippen LogP contribution in [-0.2, 0) is 6.54 Å². The second-order valence-corrected chi connectivity index (χ2v) is 5.86. The van der Waals surface area contributed by atoms with Gasteiger partial charge in [0.25, 0.3) is 0 Å². The predicted molar refractivity (Wildman–Crippen MR) is 109 cm³/mol. The Balaban J connectivity index is 0.00000242. The molecule has 0 aliphatic rings. The molecule has 0 spiro atoms. The SMILES string of the molecule is CSc1cc(C)ccc1CN=C(N)Nc1cccc(C)c1.I. The van der Waals surface area contributed by atoms with Gasteiger partial charge in [-0.1, -0.05) is 24.3 Å². The first-order chi connectivity index (χ1) is 10.1. The fourth-order valence-corrected chi connectivity index (χ4v) is 2.76. The van der Waals surface area contributed by atoms with E-state index in [0.717, 1.165) is 5.69 Å². The van der Waals surface area contributed by atoms with E-state index in [1.54, 1.807) is 11.8 Å². The fraction of sp³-hybridized carbons (Fsp3) is 0.235. The van der Waals surface area contributed by atoms with Crippen molar-refractivity contribution in [1.82, 2.24) is 0 Å². The summed E-state index contributed by atoms with van der Waals surface area (Å²) in [6.07, 6.45) is 2.08. The van der Waals surface area contributed by atoms with Gasteiger partial charge in [-0.3, -0.25) is 0 Å². The van der Waals surface area contributed by atoms with Gasteiger partial charge < -0.3 is 11.1 Å². The van der Waals surface area contributed by atoms with Gasteiger partial charge >= 0.3 is 0 Å². The van der Waals surface area contributed by atoms with Crippen molar-refractivity contribution < 1.29 is 0 Å². The van der Waals surface area contributed by atoms with Gasteiger partial charge in [0.1, 0.15) is 0 Å². The maximum atomic E-state index is 5.96. The maximum absolute atomic E-state index is 5.96. The number of nitrogens with one attached hydrogen (secondary N) is 1. The van der Waals surface area contributed by atoms with Gasteiger partial charge in [-0.05, 0) is 55.0 Å². The number of thioether (sulfide) groups is 1. The Morgan fingerprint density at radius 3 is 2.55 bits per heavy atom. The number of aryl methyl sites for hydroxylation is 2. The predicted octanol–water partition coefficient (Wildman–Crippen LogP) is 4.57. The molecule has 0 saturated heterocycles. The highest BCUT2D eigenvalue weighted by Crippen LogP contribution is 2.22. The molecule has 5 heteroatoms. The molecule has 0 fully saturated rings. The number of hydrogen-bond acceptors (Lipinski definition) is 2. The van der Waals surface area contributed by atoms with Crippen LogP contribution in [0.15, 0.2) is 52.4 Å². The third kappa shape index (κ3) is 5.53. The molecule has 2 rings (SSSR count). The lowest BCUT2D eigenvalue weighted by Crippen LogP contribution is -2.22. The van der Waals surface area contributed by atoms with Crippen LogP contribution in [0.2, 0.25) is 0 Å². The van der Waals surface area contributed by atoms with Crippen molar-refractivity contribution in [3.8, 4) is 0 Å². The minimum atomic E-state index is 0. The molecule has 0 unspecified atom stereocenters. The summed E-state index contributed by atoms with van der Waals surface area (Å²) in [7, 11) is 0. The normalized spacial score (nSPS) is 11.0. The molecule has 0 heterocycles. The van der Waals surface area contributed by atoms with Crippen LogP contribution in [0.1, 0.15) is 16.7 Å². The number of hydrogen-bond donors (Lipinski definition) is 2. The molecule has 0 aromatic heterocycles. The van der Waals surface area contributed by atoms with Crippen LogP contribution < -0.4 is 11.1 Å². The van der Waals surface area contributed by atoms with Crippen LogP contribution >= 0.6 is 35.7 Å². The summed E-state index contributed by atoms with van der Waals surface area (Å²) in [5.41, 5.74) is 10.6. The van der Waals surface area contributed by atoms with Crippen molar-refractivity contribution in [3.63, 3.8) is 0 Å². The lowest BCUT2D eigenvalue weighted by atomic mass is 10.1. The first-order valence-corrected chi connectivity index (χ1v) is 8.08. The molecule has 0 bridgehead atoms. The lowest BCUT2D eigenvalue weighted by Gasteiger charge is -2.08. The van der Waals surface area contributed by atoms with Crippen LogP contribution in [0.25, 0.3) is 0 Å². The van der Waals surface area contributed by atoms with E-state index in [1.165, 1.54) is 21.6 Å². The molecular weight excluding hydrogens is 405 g/mol. The smallest absolute Gasteiger partial charge is 0.193 e. The maximum Gasteiger partial charge on any atom is 0.193 e. The van der Waals surface area contributed by atoms with E-state index < -0.39 is 0 Å². The number of anilines is 1. The summed E-state index contributed by atoms with van der Waals surface area (Å²) in [5, 5.41) is 3.12. The van der Waals surface area contributed by atoms with E-state index in [0.29, 0.717) is 12.5 Å². The molecule has 3 nitrogen and oxygen atoms in total. The summed E-state index contributed by atoms with van der Waals surface area (Å²) in [5.74, 6) is 0.438. The molecule has 0 amide bonds. The number of rotatable bonds is 4. The Labute approximate surface area is 153 Å². The zero-order valence-electron chi connectivity index (χ0n) is 13.1.